The Balaban J connectivity index is 1.54. The molecule has 0 bridgehead atoms. The molecule has 1 amide bonds. The lowest BCUT2D eigenvalue weighted by molar-refractivity contribution is -0.116. The van der Waals surface area contributed by atoms with Crippen molar-refractivity contribution in [2.24, 2.45) is 0 Å². The SMILES string of the molecule is O=C(CN(Cc1ccccc1)S(=O)(=O)c1ccccc1)Nc1ccc2c(c1)OCCCO2. The van der Waals surface area contributed by atoms with Gasteiger partial charge >= 0.3 is 0 Å². The van der Waals surface area contributed by atoms with Crippen molar-refractivity contribution in [2.75, 3.05) is 25.1 Å². The lowest BCUT2D eigenvalue weighted by Crippen LogP contribution is -2.37. The van der Waals surface area contributed by atoms with Gasteiger partial charge in [0.2, 0.25) is 15.9 Å². The van der Waals surface area contributed by atoms with Crippen LogP contribution in [-0.4, -0.2) is 38.4 Å². The Hall–Kier alpha value is -3.36. The number of amides is 1. The number of rotatable bonds is 7. The predicted octanol–water partition coefficient (Wildman–Crippen LogP) is 3.68. The van der Waals surface area contributed by atoms with E-state index in [0.717, 1.165) is 12.0 Å². The van der Waals surface area contributed by atoms with Crippen LogP contribution in [0.25, 0.3) is 0 Å². The number of nitrogens with zero attached hydrogens (tertiary/aromatic N) is 1. The molecule has 3 aromatic rings. The van der Waals surface area contributed by atoms with Crippen molar-refractivity contribution in [3.05, 3.63) is 84.4 Å². The van der Waals surface area contributed by atoms with Crippen molar-refractivity contribution < 1.29 is 22.7 Å². The van der Waals surface area contributed by atoms with E-state index in [1.165, 1.54) is 16.4 Å². The fraction of sp³-hybridized carbons (Fsp3) is 0.208. The summed E-state index contributed by atoms with van der Waals surface area (Å²) in [5, 5.41) is 2.77. The summed E-state index contributed by atoms with van der Waals surface area (Å²) in [4.78, 5) is 13.0. The van der Waals surface area contributed by atoms with Gasteiger partial charge in [0.05, 0.1) is 24.7 Å². The van der Waals surface area contributed by atoms with Crippen LogP contribution in [0.5, 0.6) is 11.5 Å². The molecular formula is C24H24N2O5S. The van der Waals surface area contributed by atoms with Crippen LogP contribution in [0, 0.1) is 0 Å². The molecule has 0 saturated heterocycles. The molecule has 0 fully saturated rings. The van der Waals surface area contributed by atoms with Crippen molar-refractivity contribution in [1.82, 2.24) is 4.31 Å². The molecule has 0 saturated carbocycles. The van der Waals surface area contributed by atoms with Crippen LogP contribution >= 0.6 is 0 Å². The second-order valence-corrected chi connectivity index (χ2v) is 9.27. The van der Waals surface area contributed by atoms with Crippen molar-refractivity contribution >= 4 is 21.6 Å². The van der Waals surface area contributed by atoms with Crippen molar-refractivity contribution in [3.8, 4) is 11.5 Å². The maximum Gasteiger partial charge on any atom is 0.243 e. The van der Waals surface area contributed by atoms with Crippen LogP contribution in [0.2, 0.25) is 0 Å². The molecule has 7 nitrogen and oxygen atoms in total. The zero-order valence-electron chi connectivity index (χ0n) is 17.4. The molecule has 1 N–H and O–H groups in total. The fourth-order valence-electron chi connectivity index (χ4n) is 3.36. The Bertz CT molecular complexity index is 1170. The minimum Gasteiger partial charge on any atom is -0.490 e. The van der Waals surface area contributed by atoms with Gasteiger partial charge in [0, 0.05) is 24.7 Å². The van der Waals surface area contributed by atoms with E-state index in [2.05, 4.69) is 5.32 Å². The van der Waals surface area contributed by atoms with E-state index in [4.69, 9.17) is 9.47 Å². The van der Waals surface area contributed by atoms with Crippen molar-refractivity contribution in [2.45, 2.75) is 17.9 Å². The van der Waals surface area contributed by atoms with Gasteiger partial charge in [0.25, 0.3) is 0 Å². The highest BCUT2D eigenvalue weighted by Gasteiger charge is 2.27. The number of hydrogen-bond acceptors (Lipinski definition) is 5. The van der Waals surface area contributed by atoms with E-state index >= 15 is 0 Å². The number of anilines is 1. The summed E-state index contributed by atoms with van der Waals surface area (Å²) >= 11 is 0. The van der Waals surface area contributed by atoms with Crippen molar-refractivity contribution in [3.63, 3.8) is 0 Å². The number of hydrogen-bond donors (Lipinski definition) is 1. The standard InChI is InChI=1S/C24H24N2O5S/c27-24(25-20-12-13-22-23(16-20)31-15-7-14-30-22)18-26(17-19-8-3-1-4-9-19)32(28,29)21-10-5-2-6-11-21/h1-6,8-13,16H,7,14-15,17-18H2,(H,25,27). The molecule has 1 aliphatic heterocycles. The molecule has 1 aliphatic rings. The van der Waals surface area contributed by atoms with Crippen molar-refractivity contribution in [1.29, 1.82) is 0 Å². The topological polar surface area (TPSA) is 84.9 Å². The van der Waals surface area contributed by atoms with Gasteiger partial charge in [0.1, 0.15) is 0 Å². The third-order valence-corrected chi connectivity index (χ3v) is 6.74. The Labute approximate surface area is 187 Å². The third kappa shape index (κ3) is 5.27. The van der Waals surface area contributed by atoms with Crippen LogP contribution in [-0.2, 0) is 21.4 Å². The quantitative estimate of drug-likeness (QED) is 0.591. The first kappa shape index (κ1) is 21.9. The summed E-state index contributed by atoms with van der Waals surface area (Å²) in [5.74, 6) is 0.728. The first-order chi connectivity index (χ1) is 15.5. The Kier molecular flexibility index (Phi) is 6.72. The summed E-state index contributed by atoms with van der Waals surface area (Å²) in [6, 6.07) is 22.4. The lowest BCUT2D eigenvalue weighted by Gasteiger charge is -2.22. The minimum absolute atomic E-state index is 0.0760. The molecule has 166 valence electrons. The van der Waals surface area contributed by atoms with E-state index < -0.39 is 15.9 Å². The fourth-order valence-corrected chi connectivity index (χ4v) is 4.76. The molecule has 4 rings (SSSR count). The van der Waals surface area contributed by atoms with Gasteiger partial charge in [0.15, 0.2) is 11.5 Å². The number of nitrogens with one attached hydrogen (secondary N) is 1. The number of fused-ring (bicyclic) bond motifs is 1. The molecular weight excluding hydrogens is 428 g/mol. The second kappa shape index (κ2) is 9.84. The Morgan fingerprint density at radius 1 is 0.875 bits per heavy atom. The smallest absolute Gasteiger partial charge is 0.243 e. The summed E-state index contributed by atoms with van der Waals surface area (Å²) < 4.78 is 39.0. The maximum absolute atomic E-state index is 13.3. The summed E-state index contributed by atoms with van der Waals surface area (Å²) in [7, 11) is -3.88. The average molecular weight is 453 g/mol. The van der Waals surface area contributed by atoms with Crippen LogP contribution < -0.4 is 14.8 Å². The lowest BCUT2D eigenvalue weighted by atomic mass is 10.2. The monoisotopic (exact) mass is 452 g/mol. The number of carbonyl (C=O) groups excluding carboxylic acids is 1. The first-order valence-electron chi connectivity index (χ1n) is 10.3. The predicted molar refractivity (Wildman–Crippen MR) is 121 cm³/mol. The molecule has 0 radical (unpaired) electrons. The maximum atomic E-state index is 13.3. The van der Waals surface area contributed by atoms with Gasteiger partial charge in [-0.2, -0.15) is 4.31 Å². The molecule has 3 aromatic carbocycles. The number of benzene rings is 3. The highest BCUT2D eigenvalue weighted by atomic mass is 32.2. The van der Waals surface area contributed by atoms with E-state index in [-0.39, 0.29) is 18.0 Å². The summed E-state index contributed by atoms with van der Waals surface area (Å²) in [6.07, 6.45) is 0.780. The number of sulfonamides is 1. The van der Waals surface area contributed by atoms with Crippen LogP contribution in [0.15, 0.2) is 83.8 Å². The van der Waals surface area contributed by atoms with Gasteiger partial charge in [-0.25, -0.2) is 8.42 Å². The van der Waals surface area contributed by atoms with Crippen LogP contribution in [0.1, 0.15) is 12.0 Å². The second-order valence-electron chi connectivity index (χ2n) is 7.33. The molecule has 0 atom stereocenters. The van der Waals surface area contributed by atoms with E-state index in [1.807, 2.05) is 30.3 Å². The summed E-state index contributed by atoms with van der Waals surface area (Å²) in [5.41, 5.74) is 1.30. The van der Waals surface area contributed by atoms with Crippen LogP contribution in [0.4, 0.5) is 5.69 Å². The molecule has 32 heavy (non-hydrogen) atoms. The Morgan fingerprint density at radius 3 is 2.25 bits per heavy atom. The molecule has 0 unspecified atom stereocenters. The molecule has 1 heterocycles. The van der Waals surface area contributed by atoms with Crippen LogP contribution in [0.3, 0.4) is 0 Å². The van der Waals surface area contributed by atoms with Gasteiger partial charge in [-0.15, -0.1) is 0 Å². The largest absolute Gasteiger partial charge is 0.490 e. The summed E-state index contributed by atoms with van der Waals surface area (Å²) in [6.45, 7) is 0.849. The van der Waals surface area contributed by atoms with Gasteiger partial charge in [-0.3, -0.25) is 4.79 Å². The normalized spacial score (nSPS) is 13.4. The molecule has 0 aromatic heterocycles. The average Bonchev–Trinajstić information content (AvgIpc) is 3.05. The number of carbonyl (C=O) groups is 1. The third-order valence-electron chi connectivity index (χ3n) is 4.93. The Morgan fingerprint density at radius 2 is 1.53 bits per heavy atom. The molecule has 0 spiro atoms. The zero-order chi connectivity index (χ0) is 22.4. The molecule has 0 aliphatic carbocycles. The first-order valence-corrected chi connectivity index (χ1v) is 11.7. The van der Waals surface area contributed by atoms with Gasteiger partial charge < -0.3 is 14.8 Å². The number of ether oxygens (including phenoxy) is 2. The van der Waals surface area contributed by atoms with Gasteiger partial charge in [-0.1, -0.05) is 48.5 Å². The van der Waals surface area contributed by atoms with Gasteiger partial charge in [-0.05, 0) is 29.8 Å². The minimum atomic E-state index is -3.88. The highest BCUT2D eigenvalue weighted by Crippen LogP contribution is 2.32. The molecule has 8 heteroatoms. The highest BCUT2D eigenvalue weighted by molar-refractivity contribution is 7.89. The van der Waals surface area contributed by atoms with E-state index in [0.29, 0.717) is 30.4 Å². The zero-order valence-corrected chi connectivity index (χ0v) is 18.3. The van der Waals surface area contributed by atoms with E-state index in [9.17, 15) is 13.2 Å². The van der Waals surface area contributed by atoms with E-state index in [1.54, 1.807) is 36.4 Å².